The SMILES string of the molecule is CN(C)c1cccc(OCC(O)COCc2cccs2)c1. The van der Waals surface area contributed by atoms with Crippen LogP contribution in [0.25, 0.3) is 0 Å². The fourth-order valence-electron chi connectivity index (χ4n) is 1.78. The number of benzene rings is 1. The van der Waals surface area contributed by atoms with Gasteiger partial charge in [-0.15, -0.1) is 11.3 Å². The predicted molar refractivity (Wildman–Crippen MR) is 86.2 cm³/mol. The average molecular weight is 307 g/mol. The number of ether oxygens (including phenoxy) is 2. The molecule has 1 atom stereocenters. The first kappa shape index (κ1) is 15.8. The summed E-state index contributed by atoms with van der Waals surface area (Å²) in [6, 6.07) is 11.8. The van der Waals surface area contributed by atoms with Gasteiger partial charge < -0.3 is 19.5 Å². The fourth-order valence-corrected chi connectivity index (χ4v) is 2.42. The van der Waals surface area contributed by atoms with E-state index in [4.69, 9.17) is 9.47 Å². The Labute approximate surface area is 129 Å². The third kappa shape index (κ3) is 5.38. The number of hydrogen-bond acceptors (Lipinski definition) is 5. The van der Waals surface area contributed by atoms with Crippen molar-refractivity contribution < 1.29 is 14.6 Å². The zero-order valence-corrected chi connectivity index (χ0v) is 13.2. The molecule has 0 amide bonds. The van der Waals surface area contributed by atoms with Gasteiger partial charge in [0.1, 0.15) is 18.5 Å². The van der Waals surface area contributed by atoms with E-state index in [-0.39, 0.29) is 13.2 Å². The van der Waals surface area contributed by atoms with E-state index >= 15 is 0 Å². The van der Waals surface area contributed by atoms with E-state index in [9.17, 15) is 5.11 Å². The Hall–Kier alpha value is -1.56. The van der Waals surface area contributed by atoms with Crippen molar-refractivity contribution in [3.63, 3.8) is 0 Å². The largest absolute Gasteiger partial charge is 0.491 e. The maximum Gasteiger partial charge on any atom is 0.121 e. The summed E-state index contributed by atoms with van der Waals surface area (Å²) in [4.78, 5) is 3.16. The lowest BCUT2D eigenvalue weighted by Gasteiger charge is -2.16. The van der Waals surface area contributed by atoms with Crippen LogP contribution in [0.1, 0.15) is 4.88 Å². The lowest BCUT2D eigenvalue weighted by atomic mass is 10.3. The molecule has 2 rings (SSSR count). The minimum absolute atomic E-state index is 0.224. The molecule has 0 spiro atoms. The molecule has 5 heteroatoms. The van der Waals surface area contributed by atoms with Crippen LogP contribution in [0.2, 0.25) is 0 Å². The molecule has 0 saturated heterocycles. The normalized spacial score (nSPS) is 12.1. The van der Waals surface area contributed by atoms with E-state index in [1.807, 2.05) is 60.8 Å². The van der Waals surface area contributed by atoms with Crippen molar-refractivity contribution in [1.82, 2.24) is 0 Å². The number of anilines is 1. The maximum atomic E-state index is 9.86. The standard InChI is InChI=1S/C16H21NO3S/c1-17(2)13-5-3-6-15(9-13)20-11-14(18)10-19-12-16-7-4-8-21-16/h3-9,14,18H,10-12H2,1-2H3. The van der Waals surface area contributed by atoms with Gasteiger partial charge in [0.25, 0.3) is 0 Å². The van der Waals surface area contributed by atoms with Crippen LogP contribution in [0.15, 0.2) is 41.8 Å². The highest BCUT2D eigenvalue weighted by molar-refractivity contribution is 7.09. The van der Waals surface area contributed by atoms with E-state index < -0.39 is 6.10 Å². The molecular weight excluding hydrogens is 286 g/mol. The Bertz CT molecular complexity index is 528. The zero-order valence-electron chi connectivity index (χ0n) is 12.4. The number of thiophene rings is 1. The topological polar surface area (TPSA) is 41.9 Å². The minimum Gasteiger partial charge on any atom is -0.491 e. The molecule has 0 bridgehead atoms. The van der Waals surface area contributed by atoms with E-state index in [0.29, 0.717) is 6.61 Å². The molecule has 1 aromatic carbocycles. The number of nitrogens with zero attached hydrogens (tertiary/aromatic N) is 1. The van der Waals surface area contributed by atoms with Crippen LogP contribution < -0.4 is 9.64 Å². The Morgan fingerprint density at radius 3 is 2.76 bits per heavy atom. The molecule has 2 aromatic rings. The molecule has 4 nitrogen and oxygen atoms in total. The number of aliphatic hydroxyl groups is 1. The first-order chi connectivity index (χ1) is 10.1. The third-order valence-electron chi connectivity index (χ3n) is 2.91. The molecule has 0 aliphatic heterocycles. The number of hydrogen-bond donors (Lipinski definition) is 1. The summed E-state index contributed by atoms with van der Waals surface area (Å²) in [6.07, 6.45) is -0.632. The molecule has 1 unspecified atom stereocenters. The Kier molecular flexibility index (Phi) is 6.04. The molecule has 1 heterocycles. The smallest absolute Gasteiger partial charge is 0.121 e. The van der Waals surface area contributed by atoms with Crippen molar-refractivity contribution in [2.45, 2.75) is 12.7 Å². The van der Waals surface area contributed by atoms with E-state index in [1.165, 1.54) is 0 Å². The van der Waals surface area contributed by atoms with Crippen molar-refractivity contribution in [3.05, 3.63) is 46.7 Å². The highest BCUT2D eigenvalue weighted by atomic mass is 32.1. The molecular formula is C16H21NO3S. The summed E-state index contributed by atoms with van der Waals surface area (Å²) < 4.78 is 11.1. The Balaban J connectivity index is 1.70. The van der Waals surface area contributed by atoms with Crippen LogP contribution in [0.5, 0.6) is 5.75 Å². The summed E-state index contributed by atoms with van der Waals surface area (Å²) in [5.74, 6) is 0.749. The van der Waals surface area contributed by atoms with E-state index in [2.05, 4.69) is 0 Å². The lowest BCUT2D eigenvalue weighted by molar-refractivity contribution is 0.00626. The molecule has 1 aromatic heterocycles. The molecule has 0 aliphatic carbocycles. The van der Waals surface area contributed by atoms with Crippen molar-refractivity contribution in [2.24, 2.45) is 0 Å². The first-order valence-corrected chi connectivity index (χ1v) is 7.71. The van der Waals surface area contributed by atoms with Crippen molar-refractivity contribution in [2.75, 3.05) is 32.2 Å². The number of aliphatic hydroxyl groups excluding tert-OH is 1. The molecule has 0 saturated carbocycles. The molecule has 0 fully saturated rings. The highest BCUT2D eigenvalue weighted by Crippen LogP contribution is 2.19. The molecule has 21 heavy (non-hydrogen) atoms. The van der Waals surface area contributed by atoms with Gasteiger partial charge in [-0.2, -0.15) is 0 Å². The van der Waals surface area contributed by atoms with Gasteiger partial charge in [0.05, 0.1) is 13.2 Å². The summed E-state index contributed by atoms with van der Waals surface area (Å²) in [6.45, 7) is 1.03. The monoisotopic (exact) mass is 307 g/mol. The van der Waals surface area contributed by atoms with Crippen LogP contribution in [-0.2, 0) is 11.3 Å². The van der Waals surface area contributed by atoms with Gasteiger partial charge >= 0.3 is 0 Å². The summed E-state index contributed by atoms with van der Waals surface area (Å²) in [5, 5.41) is 11.9. The van der Waals surface area contributed by atoms with Gasteiger partial charge in [0, 0.05) is 30.7 Å². The second-order valence-electron chi connectivity index (χ2n) is 4.95. The maximum absolute atomic E-state index is 9.86. The quantitative estimate of drug-likeness (QED) is 0.814. The molecule has 0 radical (unpaired) electrons. The summed E-state index contributed by atoms with van der Waals surface area (Å²) in [7, 11) is 3.96. The van der Waals surface area contributed by atoms with Crippen LogP contribution in [0.3, 0.4) is 0 Å². The van der Waals surface area contributed by atoms with Crippen LogP contribution in [0, 0.1) is 0 Å². The predicted octanol–water partition coefficient (Wildman–Crippen LogP) is 2.77. The second kappa shape index (κ2) is 8.02. The van der Waals surface area contributed by atoms with Gasteiger partial charge in [-0.25, -0.2) is 0 Å². The summed E-state index contributed by atoms with van der Waals surface area (Å²) >= 11 is 1.65. The minimum atomic E-state index is -0.632. The Morgan fingerprint density at radius 2 is 2.05 bits per heavy atom. The van der Waals surface area contributed by atoms with Crippen LogP contribution in [0.4, 0.5) is 5.69 Å². The van der Waals surface area contributed by atoms with Crippen molar-refractivity contribution >= 4 is 17.0 Å². The van der Waals surface area contributed by atoms with Gasteiger partial charge in [0.15, 0.2) is 0 Å². The van der Waals surface area contributed by atoms with Crippen LogP contribution >= 0.6 is 11.3 Å². The van der Waals surface area contributed by atoms with Crippen molar-refractivity contribution in [3.8, 4) is 5.75 Å². The average Bonchev–Trinajstić information content (AvgIpc) is 2.99. The lowest BCUT2D eigenvalue weighted by Crippen LogP contribution is -2.23. The van der Waals surface area contributed by atoms with Crippen molar-refractivity contribution in [1.29, 1.82) is 0 Å². The van der Waals surface area contributed by atoms with Gasteiger partial charge in [0.2, 0.25) is 0 Å². The Morgan fingerprint density at radius 1 is 1.19 bits per heavy atom. The zero-order chi connectivity index (χ0) is 15.1. The molecule has 0 aliphatic rings. The first-order valence-electron chi connectivity index (χ1n) is 6.83. The van der Waals surface area contributed by atoms with Gasteiger partial charge in [-0.1, -0.05) is 12.1 Å². The van der Waals surface area contributed by atoms with Gasteiger partial charge in [-0.05, 0) is 23.6 Å². The highest BCUT2D eigenvalue weighted by Gasteiger charge is 2.07. The van der Waals surface area contributed by atoms with Gasteiger partial charge in [-0.3, -0.25) is 0 Å². The molecule has 114 valence electrons. The third-order valence-corrected chi connectivity index (χ3v) is 3.76. The summed E-state index contributed by atoms with van der Waals surface area (Å²) in [5.41, 5.74) is 1.07. The molecule has 1 N–H and O–H groups in total. The van der Waals surface area contributed by atoms with Crippen LogP contribution in [-0.4, -0.2) is 38.5 Å². The fraction of sp³-hybridized carbons (Fsp3) is 0.375. The number of rotatable bonds is 8. The van der Waals surface area contributed by atoms with E-state index in [0.717, 1.165) is 16.3 Å². The second-order valence-corrected chi connectivity index (χ2v) is 5.98. The van der Waals surface area contributed by atoms with E-state index in [1.54, 1.807) is 11.3 Å².